The van der Waals surface area contributed by atoms with Gasteiger partial charge in [0.05, 0.1) is 36.3 Å². The number of rotatable bonds is 15. The molecule has 12 atom stereocenters. The van der Waals surface area contributed by atoms with Gasteiger partial charge in [-0.25, -0.2) is 9.59 Å². The molecule has 0 unspecified atom stereocenters. The molecule has 5 N–H and O–H groups in total. The Kier molecular flexibility index (Phi) is 13.6. The summed E-state index contributed by atoms with van der Waals surface area (Å²) in [7, 11) is -2.55. The molecule has 3 aromatic carbocycles. The number of nitrogens with one attached hydrogen (secondary N) is 1. The molecule has 14 nitrogen and oxygen atoms in total. The molecule has 2 bridgehead atoms. The quantitative estimate of drug-likeness (QED) is 0.0515. The summed E-state index contributed by atoms with van der Waals surface area (Å²) in [5, 5.41) is 47.9. The zero-order chi connectivity index (χ0) is 48.7. The molecule has 0 spiro atoms. The topological polar surface area (TPSA) is 207 Å². The number of aliphatic hydroxyl groups is 4. The van der Waals surface area contributed by atoms with Crippen molar-refractivity contribution in [3.63, 3.8) is 0 Å². The fourth-order valence-electron chi connectivity index (χ4n) is 11.6. The SMILES string of the molecule is [3H]O[C@@H](C(=O)O[C@H]1C[C@@]2(O)[C@@H](OC(=O)c3ccccc3)[C@@H]3[C@]4(OC(C)=O)CO[C@@H]4C[C@H](O[Si](CC)(CC)CC)[C@@]3(C)[C@@H](O)[C@@H](O)C(=C1C)C2(C)C)[C@@H](NC(=O)c1ccccc1)c1ccccc1. The van der Waals surface area contributed by atoms with Crippen molar-refractivity contribution in [3.8, 4) is 0 Å². The lowest BCUT2D eigenvalue weighted by molar-refractivity contribution is -0.363. The zero-order valence-electron chi connectivity index (χ0n) is 40.0. The van der Waals surface area contributed by atoms with Crippen LogP contribution in [0.15, 0.2) is 102 Å². The highest BCUT2D eigenvalue weighted by atomic mass is 28.4. The van der Waals surface area contributed by atoms with Crippen molar-refractivity contribution in [3.05, 3.63) is 119 Å². The largest absolute Gasteiger partial charge is 0.456 e. The molecule has 1 saturated heterocycles. The molecule has 356 valence electrons. The highest BCUT2D eigenvalue weighted by Gasteiger charge is 2.78. The minimum absolute atomic E-state index is 0.129. The molecule has 3 aromatic rings. The van der Waals surface area contributed by atoms with E-state index < -0.39 is 115 Å². The van der Waals surface area contributed by atoms with Crippen LogP contribution in [0.4, 0.5) is 0 Å². The molecule has 7 rings (SSSR count). The van der Waals surface area contributed by atoms with Crippen molar-refractivity contribution in [2.75, 3.05) is 6.61 Å². The average molecular weight is 930 g/mol. The average Bonchev–Trinajstić information content (AvgIpc) is 3.32. The van der Waals surface area contributed by atoms with E-state index in [1.54, 1.807) is 119 Å². The van der Waals surface area contributed by atoms with Crippen molar-refractivity contribution in [1.29, 1.82) is 1.43 Å². The van der Waals surface area contributed by atoms with E-state index in [4.69, 9.17) is 29.9 Å². The summed E-state index contributed by atoms with van der Waals surface area (Å²) in [4.78, 5) is 56.2. The molecule has 3 fully saturated rings. The Bertz CT molecular complexity index is 2310. The number of amides is 1. The molecule has 2 saturated carbocycles. The van der Waals surface area contributed by atoms with Crippen LogP contribution in [-0.2, 0) is 33.0 Å². The van der Waals surface area contributed by atoms with Crippen LogP contribution in [0.3, 0.4) is 0 Å². The minimum atomic E-state index is -2.55. The molecular formula is C51H65NO13Si. The third kappa shape index (κ3) is 8.24. The van der Waals surface area contributed by atoms with Gasteiger partial charge in [0, 0.05) is 36.2 Å². The predicted octanol–water partition coefficient (Wildman–Crippen LogP) is 5.99. The van der Waals surface area contributed by atoms with Crippen LogP contribution in [0.5, 0.6) is 0 Å². The minimum Gasteiger partial charge on any atom is -0.456 e. The number of ether oxygens (including phenoxy) is 4. The Morgan fingerprint density at radius 1 is 0.879 bits per heavy atom. The van der Waals surface area contributed by atoms with Crippen LogP contribution >= 0.6 is 0 Å². The Hall–Kier alpha value is -4.74. The number of esters is 3. The molecule has 66 heavy (non-hydrogen) atoms. The molecule has 4 aliphatic rings. The molecule has 1 amide bonds. The van der Waals surface area contributed by atoms with E-state index in [2.05, 4.69) is 26.1 Å². The fourth-order valence-corrected chi connectivity index (χ4v) is 14.6. The summed E-state index contributed by atoms with van der Waals surface area (Å²) in [5.41, 5.74) is -5.72. The summed E-state index contributed by atoms with van der Waals surface area (Å²) >= 11 is 0. The first-order valence-electron chi connectivity index (χ1n) is 23.5. The lowest BCUT2D eigenvalue weighted by Gasteiger charge is -2.70. The predicted molar refractivity (Wildman–Crippen MR) is 245 cm³/mol. The van der Waals surface area contributed by atoms with Gasteiger partial charge in [-0.2, -0.15) is 0 Å². The fraction of sp³-hybridized carbons (Fsp3) is 0.529. The van der Waals surface area contributed by atoms with Crippen molar-refractivity contribution in [2.24, 2.45) is 16.7 Å². The highest BCUT2D eigenvalue weighted by Crippen LogP contribution is 2.66. The molecule has 15 heteroatoms. The van der Waals surface area contributed by atoms with Gasteiger partial charge >= 0.3 is 17.9 Å². The number of benzene rings is 3. The summed E-state index contributed by atoms with van der Waals surface area (Å²) in [6.45, 7) is 14.0. The van der Waals surface area contributed by atoms with Gasteiger partial charge in [0.25, 0.3) is 5.91 Å². The number of hydrogen-bond acceptors (Lipinski definition) is 13. The van der Waals surface area contributed by atoms with Gasteiger partial charge in [0.15, 0.2) is 20.0 Å². The standard InChI is InChI=1S/C51H65NO13Si/c1-9-66(10-2,11-3)65-36-27-37-50(29-61-37,64-31(5)53)42-44(63-46(58)34-25-19-14-20-26-34)51(60)28-35(30(4)38(48(51,6)7)40(54)43(56)49(36,42)8)62-47(59)41(55)39(32-21-15-12-16-22-32)52-45(57)33-23-17-13-18-24-33/h12-26,35-37,39-44,54-56,60H,9-11,27-29H2,1-8H3,(H,52,57)/t35-,36-,37+,39-,40-,41+,42-,43-,44-,49+,50-,51+/m0/s1/i55T. The Morgan fingerprint density at radius 2 is 1.45 bits per heavy atom. The lowest BCUT2D eigenvalue weighted by atomic mass is 9.44. The Morgan fingerprint density at radius 3 is 1.98 bits per heavy atom. The number of fused-ring (bicyclic) bond motifs is 5. The maximum absolute atomic E-state index is 14.7. The van der Waals surface area contributed by atoms with E-state index in [0.717, 1.165) is 18.1 Å². The second-order valence-corrected chi connectivity index (χ2v) is 24.0. The van der Waals surface area contributed by atoms with Crippen LogP contribution in [0.2, 0.25) is 18.1 Å². The number of aliphatic hydroxyl groups excluding tert-OH is 3. The molecule has 3 aliphatic carbocycles. The molecule has 1 aliphatic heterocycles. The van der Waals surface area contributed by atoms with Crippen molar-refractivity contribution < 1.29 is 63.0 Å². The van der Waals surface area contributed by atoms with E-state index in [1.807, 2.05) is 0 Å². The van der Waals surface area contributed by atoms with Gasteiger partial charge in [-0.05, 0) is 66.0 Å². The smallest absolute Gasteiger partial charge is 0.338 e. The van der Waals surface area contributed by atoms with Crippen LogP contribution in [0.1, 0.15) is 101 Å². The highest BCUT2D eigenvalue weighted by molar-refractivity contribution is 6.73. The first-order chi connectivity index (χ1) is 31.8. The second-order valence-electron chi connectivity index (χ2n) is 19.3. The third-order valence-electron chi connectivity index (χ3n) is 15.7. The van der Waals surface area contributed by atoms with Crippen molar-refractivity contribution in [2.45, 2.75) is 146 Å². The third-order valence-corrected chi connectivity index (χ3v) is 20.4. The number of carbonyl (C=O) groups excluding carboxylic acids is 4. The zero-order valence-corrected chi connectivity index (χ0v) is 40.0. The van der Waals surface area contributed by atoms with Crippen LogP contribution < -0.4 is 5.32 Å². The monoisotopic (exact) mass is 929 g/mol. The molecule has 1 heterocycles. The van der Waals surface area contributed by atoms with Crippen molar-refractivity contribution >= 4 is 32.1 Å². The first kappa shape index (κ1) is 47.7. The summed E-state index contributed by atoms with van der Waals surface area (Å²) in [6.07, 6.45) is -10.2. The lowest BCUT2D eigenvalue weighted by Crippen LogP contribution is -2.82. The van der Waals surface area contributed by atoms with Gasteiger partial charge < -0.3 is 49.1 Å². The van der Waals surface area contributed by atoms with Gasteiger partial charge in [-0.15, -0.1) is 0 Å². The summed E-state index contributed by atoms with van der Waals surface area (Å²) in [5.74, 6) is -4.43. The molecule has 0 aromatic heterocycles. The van der Waals surface area contributed by atoms with Gasteiger partial charge in [0.1, 0.15) is 30.0 Å². The molecular weight excluding hydrogens is 863 g/mol. The van der Waals surface area contributed by atoms with E-state index in [-0.39, 0.29) is 24.2 Å². The van der Waals surface area contributed by atoms with E-state index in [0.29, 0.717) is 16.7 Å². The summed E-state index contributed by atoms with van der Waals surface area (Å²) in [6, 6.07) is 26.0. The first-order valence-corrected chi connectivity index (χ1v) is 25.6. The van der Waals surface area contributed by atoms with E-state index >= 15 is 0 Å². The summed E-state index contributed by atoms with van der Waals surface area (Å²) < 4.78 is 41.0. The number of carbonyl (C=O) groups is 4. The maximum atomic E-state index is 14.7. The number of hydrogen-bond donors (Lipinski definition) is 5. The van der Waals surface area contributed by atoms with Crippen LogP contribution in [0.25, 0.3) is 0 Å². The van der Waals surface area contributed by atoms with E-state index in [9.17, 15) is 34.5 Å². The van der Waals surface area contributed by atoms with Gasteiger partial charge in [0.2, 0.25) is 1.43 Å². The van der Waals surface area contributed by atoms with Gasteiger partial charge in [-0.1, -0.05) is 108 Å². The van der Waals surface area contributed by atoms with Crippen LogP contribution in [0, 0.1) is 16.7 Å². The van der Waals surface area contributed by atoms with Crippen molar-refractivity contribution in [1.82, 2.24) is 5.32 Å². The Balaban J connectivity index is 1.40. The Labute approximate surface area is 389 Å². The second kappa shape index (κ2) is 18.7. The normalized spacial score (nSPS) is 32.3. The van der Waals surface area contributed by atoms with E-state index in [1.165, 1.54) is 6.92 Å². The van der Waals surface area contributed by atoms with Crippen LogP contribution in [-0.4, -0.2) is 115 Å². The maximum Gasteiger partial charge on any atom is 0.338 e. The molecule has 0 radical (unpaired) electrons. The van der Waals surface area contributed by atoms with Gasteiger partial charge in [-0.3, -0.25) is 9.59 Å².